The van der Waals surface area contributed by atoms with Crippen LogP contribution in [0.3, 0.4) is 0 Å². The molecule has 0 saturated carbocycles. The number of rotatable bonds is 8. The molecule has 1 aliphatic heterocycles. The van der Waals surface area contributed by atoms with Crippen LogP contribution in [0.4, 0.5) is 0 Å². The number of H-pyrrole nitrogens is 1. The number of para-hydroxylation sites is 1. The Morgan fingerprint density at radius 1 is 1.03 bits per heavy atom. The molecular weight excluding hydrogens is 444 g/mol. The first kappa shape index (κ1) is 22.5. The van der Waals surface area contributed by atoms with Gasteiger partial charge in [0.05, 0.1) is 19.3 Å². The number of hydrogen-bond acceptors (Lipinski definition) is 6. The summed E-state index contributed by atoms with van der Waals surface area (Å²) in [7, 11) is 0. The number of aromatic amines is 1. The number of nitrogens with one attached hydrogen (secondary N) is 1. The van der Waals surface area contributed by atoms with E-state index in [9.17, 15) is 9.90 Å². The van der Waals surface area contributed by atoms with Crippen molar-refractivity contribution in [1.82, 2.24) is 20.1 Å². The van der Waals surface area contributed by atoms with Gasteiger partial charge in [0.25, 0.3) is 5.91 Å². The van der Waals surface area contributed by atoms with Crippen molar-refractivity contribution in [2.45, 2.75) is 26.4 Å². The molecule has 0 saturated heterocycles. The van der Waals surface area contributed by atoms with E-state index in [4.69, 9.17) is 9.47 Å². The highest BCUT2D eigenvalue weighted by Gasteiger charge is 2.42. The van der Waals surface area contributed by atoms with Gasteiger partial charge in [0.15, 0.2) is 11.5 Å². The highest BCUT2D eigenvalue weighted by Crippen LogP contribution is 2.46. The van der Waals surface area contributed by atoms with Gasteiger partial charge in [0.1, 0.15) is 17.1 Å². The van der Waals surface area contributed by atoms with Gasteiger partial charge < -0.3 is 19.5 Å². The van der Waals surface area contributed by atoms with Crippen LogP contribution in [-0.2, 0) is 6.54 Å². The number of carbonyl (C=O) groups is 1. The van der Waals surface area contributed by atoms with Crippen molar-refractivity contribution in [2.75, 3.05) is 13.2 Å². The van der Waals surface area contributed by atoms with E-state index in [-0.39, 0.29) is 11.7 Å². The number of aromatic nitrogens is 3. The number of ether oxygens (including phenoxy) is 2. The summed E-state index contributed by atoms with van der Waals surface area (Å²) in [5, 5.41) is 17.9. The minimum atomic E-state index is -0.457. The molecule has 1 amide bonds. The molecule has 2 aromatic heterocycles. The van der Waals surface area contributed by atoms with E-state index in [1.807, 2.05) is 50.2 Å². The summed E-state index contributed by atoms with van der Waals surface area (Å²) in [4.78, 5) is 19.6. The number of aromatic hydroxyl groups is 1. The lowest BCUT2D eigenvalue weighted by molar-refractivity contribution is 0.0729. The molecule has 2 N–H and O–H groups in total. The van der Waals surface area contributed by atoms with Crippen molar-refractivity contribution in [2.24, 2.45) is 0 Å². The lowest BCUT2D eigenvalue weighted by Gasteiger charge is -2.27. The maximum atomic E-state index is 13.6. The van der Waals surface area contributed by atoms with Crippen LogP contribution in [-0.4, -0.2) is 44.3 Å². The topological polar surface area (TPSA) is 101 Å². The molecule has 178 valence electrons. The second-order valence-corrected chi connectivity index (χ2v) is 8.15. The molecule has 1 aliphatic rings. The lowest BCUT2D eigenvalue weighted by Crippen LogP contribution is -2.29. The smallest absolute Gasteiger partial charge is 0.273 e. The highest BCUT2D eigenvalue weighted by molar-refractivity contribution is 6.00. The van der Waals surface area contributed by atoms with Crippen molar-refractivity contribution in [3.8, 4) is 28.5 Å². The largest absolute Gasteiger partial charge is 0.507 e. The standard InChI is InChI=1S/C27H26N4O4/c1-3-34-21-12-11-18(14-22(21)35-4-2)26-23-24(19-9-5-6-10-20(19)32)29-30-25(23)27(33)31(26)16-17-8-7-13-28-15-17/h5-15,26,32H,3-4,16H2,1-2H3,(H,29,30). The zero-order valence-corrected chi connectivity index (χ0v) is 19.6. The summed E-state index contributed by atoms with van der Waals surface area (Å²) >= 11 is 0. The van der Waals surface area contributed by atoms with E-state index in [2.05, 4.69) is 15.2 Å². The Morgan fingerprint density at radius 2 is 1.83 bits per heavy atom. The van der Waals surface area contributed by atoms with Crippen molar-refractivity contribution in [3.05, 3.63) is 89.4 Å². The third-order valence-corrected chi connectivity index (χ3v) is 5.98. The number of phenols is 1. The molecule has 35 heavy (non-hydrogen) atoms. The minimum absolute atomic E-state index is 0.0976. The molecule has 5 rings (SSSR count). The fourth-order valence-corrected chi connectivity index (χ4v) is 4.51. The molecule has 2 aromatic carbocycles. The van der Waals surface area contributed by atoms with Gasteiger partial charge in [-0.2, -0.15) is 5.10 Å². The van der Waals surface area contributed by atoms with E-state index < -0.39 is 6.04 Å². The van der Waals surface area contributed by atoms with Gasteiger partial charge in [-0.1, -0.05) is 24.3 Å². The first-order valence-corrected chi connectivity index (χ1v) is 11.6. The summed E-state index contributed by atoms with van der Waals surface area (Å²) in [6.45, 7) is 5.19. The van der Waals surface area contributed by atoms with Crippen LogP contribution in [0.1, 0.15) is 47.1 Å². The molecule has 8 nitrogen and oxygen atoms in total. The lowest BCUT2D eigenvalue weighted by atomic mass is 9.95. The van der Waals surface area contributed by atoms with Gasteiger partial charge in [0, 0.05) is 30.1 Å². The molecule has 3 heterocycles. The Bertz CT molecular complexity index is 1350. The molecule has 0 fully saturated rings. The summed E-state index contributed by atoms with van der Waals surface area (Å²) in [6, 6.07) is 16.1. The van der Waals surface area contributed by atoms with Crippen molar-refractivity contribution in [1.29, 1.82) is 0 Å². The number of pyridine rings is 1. The average molecular weight is 471 g/mol. The zero-order valence-electron chi connectivity index (χ0n) is 19.6. The Hall–Kier alpha value is -4.33. The van der Waals surface area contributed by atoms with E-state index in [0.717, 1.165) is 11.1 Å². The average Bonchev–Trinajstić information content (AvgIpc) is 3.41. The quantitative estimate of drug-likeness (QED) is 0.387. The van der Waals surface area contributed by atoms with Gasteiger partial charge in [-0.3, -0.25) is 14.9 Å². The molecule has 4 aromatic rings. The predicted molar refractivity (Wildman–Crippen MR) is 130 cm³/mol. The first-order chi connectivity index (χ1) is 17.1. The molecule has 0 bridgehead atoms. The van der Waals surface area contributed by atoms with Gasteiger partial charge in [-0.25, -0.2) is 0 Å². The van der Waals surface area contributed by atoms with Crippen molar-refractivity contribution in [3.63, 3.8) is 0 Å². The third kappa shape index (κ3) is 4.07. The molecule has 0 radical (unpaired) electrons. The number of fused-ring (bicyclic) bond motifs is 1. The summed E-state index contributed by atoms with van der Waals surface area (Å²) in [5.41, 5.74) is 3.98. The normalized spacial score (nSPS) is 14.7. The maximum absolute atomic E-state index is 13.6. The van der Waals surface area contributed by atoms with Crippen LogP contribution in [0, 0.1) is 0 Å². The van der Waals surface area contributed by atoms with E-state index in [1.54, 1.807) is 35.5 Å². The van der Waals surface area contributed by atoms with Crippen molar-refractivity contribution < 1.29 is 19.4 Å². The van der Waals surface area contributed by atoms with E-state index in [1.165, 1.54) is 0 Å². The second-order valence-electron chi connectivity index (χ2n) is 8.15. The van der Waals surface area contributed by atoms with Crippen LogP contribution in [0.5, 0.6) is 17.2 Å². The Balaban J connectivity index is 1.67. The van der Waals surface area contributed by atoms with Crippen LogP contribution >= 0.6 is 0 Å². The number of amides is 1. The number of benzene rings is 2. The summed E-state index contributed by atoms with van der Waals surface area (Å²) < 4.78 is 11.6. The van der Waals surface area contributed by atoms with Crippen molar-refractivity contribution >= 4 is 5.91 Å². The number of carbonyl (C=O) groups excluding carboxylic acids is 1. The number of phenolic OH excluding ortho intramolecular Hbond substituents is 1. The molecular formula is C27H26N4O4. The van der Waals surface area contributed by atoms with E-state index >= 15 is 0 Å². The zero-order chi connectivity index (χ0) is 24.4. The fraction of sp³-hybridized carbons (Fsp3) is 0.222. The molecule has 0 spiro atoms. The monoisotopic (exact) mass is 470 g/mol. The van der Waals surface area contributed by atoms with Gasteiger partial charge in [0.2, 0.25) is 0 Å². The maximum Gasteiger partial charge on any atom is 0.273 e. The van der Waals surface area contributed by atoms with Gasteiger partial charge in [-0.15, -0.1) is 0 Å². The molecule has 1 unspecified atom stereocenters. The molecule has 0 aliphatic carbocycles. The second kappa shape index (κ2) is 9.50. The van der Waals surface area contributed by atoms with Gasteiger partial charge >= 0.3 is 0 Å². The van der Waals surface area contributed by atoms with Crippen LogP contribution < -0.4 is 9.47 Å². The first-order valence-electron chi connectivity index (χ1n) is 11.6. The van der Waals surface area contributed by atoms with Gasteiger partial charge in [-0.05, 0) is 55.3 Å². The number of hydrogen-bond donors (Lipinski definition) is 2. The van der Waals surface area contributed by atoms with Crippen LogP contribution in [0.25, 0.3) is 11.3 Å². The molecule has 1 atom stereocenters. The Morgan fingerprint density at radius 3 is 2.57 bits per heavy atom. The van der Waals surface area contributed by atoms with E-state index in [0.29, 0.717) is 53.8 Å². The highest BCUT2D eigenvalue weighted by atomic mass is 16.5. The summed E-state index contributed by atoms with van der Waals surface area (Å²) in [6.07, 6.45) is 3.46. The Labute approximate surface area is 203 Å². The third-order valence-electron chi connectivity index (χ3n) is 5.98. The number of nitrogens with zero attached hydrogens (tertiary/aromatic N) is 3. The minimum Gasteiger partial charge on any atom is -0.507 e. The predicted octanol–water partition coefficient (Wildman–Crippen LogP) is 4.72. The Kier molecular flexibility index (Phi) is 6.10. The SMILES string of the molecule is CCOc1ccc(C2c3c(-c4ccccc4O)n[nH]c3C(=O)N2Cc2cccnc2)cc1OCC. The van der Waals surface area contributed by atoms with Crippen LogP contribution in [0.15, 0.2) is 67.0 Å². The summed E-state index contributed by atoms with van der Waals surface area (Å²) in [5.74, 6) is 1.19. The fourth-order valence-electron chi connectivity index (χ4n) is 4.51. The van der Waals surface area contributed by atoms with Crippen LogP contribution in [0.2, 0.25) is 0 Å². The molecule has 8 heteroatoms.